The molecule has 25 heavy (non-hydrogen) atoms. The molecule has 3 N–H and O–H groups in total. The van der Waals surface area contributed by atoms with Crippen molar-refractivity contribution in [1.29, 1.82) is 0 Å². The molecule has 3 aromatic rings. The van der Waals surface area contributed by atoms with Gasteiger partial charge in [0.05, 0.1) is 10.5 Å². The molecule has 0 radical (unpaired) electrons. The average Bonchev–Trinajstić information content (AvgIpc) is 2.91. The van der Waals surface area contributed by atoms with Crippen molar-refractivity contribution in [2.75, 3.05) is 12.0 Å². The number of hydrogen-bond donors (Lipinski definition) is 2. The van der Waals surface area contributed by atoms with Gasteiger partial charge in [-0.15, -0.1) is 5.10 Å². The van der Waals surface area contributed by atoms with Gasteiger partial charge < -0.3 is 5.73 Å². The monoisotopic (exact) mass is 364 g/mol. The Morgan fingerprint density at radius 3 is 2.40 bits per heavy atom. The quantitative estimate of drug-likeness (QED) is 0.740. The Balaban J connectivity index is 2.01. The molecule has 0 fully saturated rings. The number of aromatic nitrogens is 3. The lowest BCUT2D eigenvalue weighted by molar-refractivity contribution is 0.586. The summed E-state index contributed by atoms with van der Waals surface area (Å²) >= 11 is 0. The second-order valence-corrected chi connectivity index (χ2v) is 7.57. The maximum absolute atomic E-state index is 14.5. The number of H-pyrrole nitrogens is 1. The molecule has 0 atom stereocenters. The van der Waals surface area contributed by atoms with Crippen LogP contribution in [0.15, 0.2) is 41.3 Å². The highest BCUT2D eigenvalue weighted by molar-refractivity contribution is 7.90. The second kappa shape index (κ2) is 6.25. The number of benzene rings is 2. The molecule has 3 rings (SSSR count). The number of nitrogens with two attached hydrogens (primary N) is 1. The Bertz CT molecular complexity index is 1020. The molecule has 0 bridgehead atoms. The largest absolute Gasteiger partial charge is 0.367 e. The van der Waals surface area contributed by atoms with Gasteiger partial charge >= 0.3 is 0 Å². The van der Waals surface area contributed by atoms with E-state index in [1.165, 1.54) is 36.4 Å². The van der Waals surface area contributed by atoms with Crippen LogP contribution in [-0.4, -0.2) is 29.9 Å². The van der Waals surface area contributed by atoms with Crippen molar-refractivity contribution in [3.63, 3.8) is 0 Å². The normalized spacial score (nSPS) is 11.6. The standard InChI is InChI=1S/C16H14F2N4O2S/c1-25(23,24)11-4-2-3-10(8-11)15-12(17)5-9(6-13(15)18)7-14-20-16(19)22-21-14/h2-6,8H,7H2,1H3,(H3,19,20,21,22). The summed E-state index contributed by atoms with van der Waals surface area (Å²) in [5.74, 6) is -1.17. The topological polar surface area (TPSA) is 102 Å². The molecule has 0 aliphatic rings. The Morgan fingerprint density at radius 2 is 1.84 bits per heavy atom. The maximum Gasteiger partial charge on any atom is 0.239 e. The van der Waals surface area contributed by atoms with Gasteiger partial charge in [-0.1, -0.05) is 12.1 Å². The minimum atomic E-state index is -3.48. The summed E-state index contributed by atoms with van der Waals surface area (Å²) in [6, 6.07) is 7.85. The van der Waals surface area contributed by atoms with Crippen LogP contribution in [0.25, 0.3) is 11.1 Å². The first-order valence-corrected chi connectivity index (χ1v) is 9.08. The van der Waals surface area contributed by atoms with Gasteiger partial charge in [0.2, 0.25) is 5.95 Å². The summed E-state index contributed by atoms with van der Waals surface area (Å²) in [5, 5.41) is 6.22. The molecule has 0 unspecified atom stereocenters. The Hall–Kier alpha value is -2.81. The van der Waals surface area contributed by atoms with Crippen LogP contribution in [0, 0.1) is 11.6 Å². The van der Waals surface area contributed by atoms with Crippen molar-refractivity contribution in [2.24, 2.45) is 0 Å². The Morgan fingerprint density at radius 1 is 1.16 bits per heavy atom. The summed E-state index contributed by atoms with van der Waals surface area (Å²) < 4.78 is 52.2. The first-order chi connectivity index (χ1) is 11.7. The van der Waals surface area contributed by atoms with Crippen LogP contribution in [0.2, 0.25) is 0 Å². The van der Waals surface area contributed by atoms with Crippen LogP contribution < -0.4 is 5.73 Å². The van der Waals surface area contributed by atoms with Crippen LogP contribution in [-0.2, 0) is 16.3 Å². The summed E-state index contributed by atoms with van der Waals surface area (Å²) in [4.78, 5) is 3.87. The second-order valence-electron chi connectivity index (χ2n) is 5.55. The smallest absolute Gasteiger partial charge is 0.239 e. The predicted octanol–water partition coefficient (Wildman–Crippen LogP) is 2.33. The average molecular weight is 364 g/mol. The first kappa shape index (κ1) is 17.0. The van der Waals surface area contributed by atoms with Gasteiger partial charge in [-0.25, -0.2) is 17.2 Å². The highest BCUT2D eigenvalue weighted by Gasteiger charge is 2.16. The lowest BCUT2D eigenvalue weighted by Gasteiger charge is -2.09. The third-order valence-electron chi connectivity index (χ3n) is 3.57. The van der Waals surface area contributed by atoms with Crippen LogP contribution in [0.4, 0.5) is 14.7 Å². The molecular weight excluding hydrogens is 350 g/mol. The summed E-state index contributed by atoms with van der Waals surface area (Å²) in [7, 11) is -3.48. The minimum absolute atomic E-state index is 0.00925. The van der Waals surface area contributed by atoms with E-state index in [0.29, 0.717) is 11.4 Å². The van der Waals surface area contributed by atoms with Crippen molar-refractivity contribution in [3.05, 3.63) is 59.4 Å². The fraction of sp³-hybridized carbons (Fsp3) is 0.125. The molecule has 0 amide bonds. The summed E-state index contributed by atoms with van der Waals surface area (Å²) in [6.07, 6.45) is 1.16. The molecule has 0 saturated carbocycles. The number of halogens is 2. The van der Waals surface area contributed by atoms with Gasteiger partial charge in [-0.3, -0.25) is 5.10 Å². The van der Waals surface area contributed by atoms with Crippen molar-refractivity contribution >= 4 is 15.8 Å². The molecule has 0 spiro atoms. The van der Waals surface area contributed by atoms with E-state index in [1.807, 2.05) is 0 Å². The van der Waals surface area contributed by atoms with Gasteiger partial charge in [0, 0.05) is 12.7 Å². The number of nitrogens with one attached hydrogen (secondary N) is 1. The molecule has 6 nitrogen and oxygen atoms in total. The minimum Gasteiger partial charge on any atom is -0.367 e. The van der Waals surface area contributed by atoms with E-state index in [2.05, 4.69) is 15.2 Å². The van der Waals surface area contributed by atoms with E-state index in [4.69, 9.17) is 5.73 Å². The van der Waals surface area contributed by atoms with E-state index in [9.17, 15) is 17.2 Å². The van der Waals surface area contributed by atoms with Crippen LogP contribution in [0.1, 0.15) is 11.4 Å². The van der Waals surface area contributed by atoms with Gasteiger partial charge in [0.25, 0.3) is 0 Å². The maximum atomic E-state index is 14.5. The number of anilines is 1. The zero-order valence-corrected chi connectivity index (χ0v) is 13.9. The number of sulfone groups is 1. The van der Waals surface area contributed by atoms with Crippen molar-refractivity contribution in [2.45, 2.75) is 11.3 Å². The van der Waals surface area contributed by atoms with E-state index >= 15 is 0 Å². The number of nitrogen functional groups attached to an aromatic ring is 1. The lowest BCUT2D eigenvalue weighted by atomic mass is 10.0. The Kier molecular flexibility index (Phi) is 4.25. The molecule has 1 heterocycles. The van der Waals surface area contributed by atoms with Gasteiger partial charge in [0.15, 0.2) is 9.84 Å². The third kappa shape index (κ3) is 3.66. The van der Waals surface area contributed by atoms with Crippen molar-refractivity contribution in [1.82, 2.24) is 15.2 Å². The highest BCUT2D eigenvalue weighted by Crippen LogP contribution is 2.29. The number of aromatic amines is 1. The SMILES string of the molecule is CS(=O)(=O)c1cccc(-c2c(F)cc(Cc3nc(N)n[nH]3)cc2F)c1. The molecule has 0 saturated heterocycles. The molecule has 0 aliphatic carbocycles. The molecule has 1 aromatic heterocycles. The van der Waals surface area contributed by atoms with Crippen LogP contribution >= 0.6 is 0 Å². The Labute approximate surface area is 142 Å². The van der Waals surface area contributed by atoms with Crippen LogP contribution in [0.5, 0.6) is 0 Å². The number of nitrogens with zero attached hydrogens (tertiary/aromatic N) is 2. The summed E-state index contributed by atoms with van der Waals surface area (Å²) in [6.45, 7) is 0. The zero-order chi connectivity index (χ0) is 18.2. The van der Waals surface area contributed by atoms with E-state index < -0.39 is 21.5 Å². The zero-order valence-electron chi connectivity index (χ0n) is 13.1. The van der Waals surface area contributed by atoms with Crippen LogP contribution in [0.3, 0.4) is 0 Å². The van der Waals surface area contributed by atoms with Crippen molar-refractivity contribution < 1.29 is 17.2 Å². The number of rotatable bonds is 4. The molecule has 2 aromatic carbocycles. The third-order valence-corrected chi connectivity index (χ3v) is 4.68. The van der Waals surface area contributed by atoms with Crippen molar-refractivity contribution in [3.8, 4) is 11.1 Å². The highest BCUT2D eigenvalue weighted by atomic mass is 32.2. The van der Waals surface area contributed by atoms with Gasteiger partial charge in [-0.2, -0.15) is 4.98 Å². The predicted molar refractivity (Wildman–Crippen MR) is 88.5 cm³/mol. The molecular formula is C16H14F2N4O2S. The van der Waals surface area contributed by atoms with E-state index in [0.717, 1.165) is 6.26 Å². The fourth-order valence-corrected chi connectivity index (χ4v) is 3.13. The molecule has 130 valence electrons. The van der Waals surface area contributed by atoms with E-state index in [-0.39, 0.29) is 28.4 Å². The molecule has 9 heteroatoms. The van der Waals surface area contributed by atoms with Gasteiger partial charge in [0.1, 0.15) is 17.5 Å². The summed E-state index contributed by atoms with van der Waals surface area (Å²) in [5.41, 5.74) is 5.59. The number of hydrogen-bond acceptors (Lipinski definition) is 5. The molecule has 0 aliphatic heterocycles. The first-order valence-electron chi connectivity index (χ1n) is 7.19. The fourth-order valence-electron chi connectivity index (χ4n) is 2.47. The van der Waals surface area contributed by atoms with E-state index in [1.54, 1.807) is 0 Å². The lowest BCUT2D eigenvalue weighted by Crippen LogP contribution is -2.00. The van der Waals surface area contributed by atoms with Gasteiger partial charge in [-0.05, 0) is 35.4 Å².